The molecule has 1 aromatic carbocycles. The molecule has 0 fully saturated rings. The Morgan fingerprint density at radius 1 is 1.26 bits per heavy atom. The molecule has 0 aliphatic heterocycles. The van der Waals surface area contributed by atoms with Gasteiger partial charge in [-0.15, -0.1) is 0 Å². The molecule has 0 radical (unpaired) electrons. The van der Waals surface area contributed by atoms with Crippen molar-refractivity contribution in [3.8, 4) is 0 Å². The summed E-state index contributed by atoms with van der Waals surface area (Å²) in [5.41, 5.74) is -4.58. The number of hydrogen-bond acceptors (Lipinski definition) is 4. The normalized spacial score (nSPS) is 13.3. The smallest absolute Gasteiger partial charge is 0.444 e. The summed E-state index contributed by atoms with van der Waals surface area (Å²) in [6.07, 6.45) is -0.566. The number of carbonyl (C=O) groups is 1. The van der Waals surface area contributed by atoms with Gasteiger partial charge in [-0.25, -0.2) is 4.79 Å². The lowest BCUT2D eigenvalue weighted by Crippen LogP contribution is -2.38. The fourth-order valence-electron chi connectivity index (χ4n) is 1.67. The van der Waals surface area contributed by atoms with Crippen LogP contribution in [0.15, 0.2) is 29.2 Å². The van der Waals surface area contributed by atoms with E-state index in [2.05, 4.69) is 10.6 Å². The molecule has 130 valence electrons. The highest BCUT2D eigenvalue weighted by Crippen LogP contribution is 2.40. The topological polar surface area (TPSA) is 50.4 Å². The Morgan fingerprint density at radius 2 is 1.87 bits per heavy atom. The molecule has 0 bridgehead atoms. The molecule has 0 aromatic heterocycles. The van der Waals surface area contributed by atoms with Crippen molar-refractivity contribution >= 4 is 23.5 Å². The maximum atomic E-state index is 12.5. The van der Waals surface area contributed by atoms with Crippen LogP contribution < -0.4 is 10.6 Å². The monoisotopic (exact) mass is 350 g/mol. The zero-order chi connectivity index (χ0) is 17.7. The summed E-state index contributed by atoms with van der Waals surface area (Å²) in [5, 5.41) is 5.53. The lowest BCUT2D eigenvalue weighted by Gasteiger charge is -2.22. The zero-order valence-electron chi connectivity index (χ0n) is 13.5. The third-order valence-electron chi connectivity index (χ3n) is 2.47. The first kappa shape index (κ1) is 19.5. The van der Waals surface area contributed by atoms with Crippen LogP contribution in [-0.4, -0.2) is 29.8 Å². The van der Waals surface area contributed by atoms with Gasteiger partial charge in [0.15, 0.2) is 0 Å². The van der Waals surface area contributed by atoms with Gasteiger partial charge in [-0.1, -0.05) is 12.1 Å². The largest absolute Gasteiger partial charge is 0.446 e. The average molecular weight is 350 g/mol. The first-order valence-corrected chi connectivity index (χ1v) is 7.86. The van der Waals surface area contributed by atoms with E-state index in [1.807, 2.05) is 0 Å². The minimum atomic E-state index is -4.35. The minimum Gasteiger partial charge on any atom is -0.444 e. The van der Waals surface area contributed by atoms with Crippen molar-refractivity contribution in [2.75, 3.05) is 11.9 Å². The predicted octanol–water partition coefficient (Wildman–Crippen LogP) is 4.62. The molecule has 0 spiro atoms. The van der Waals surface area contributed by atoms with Gasteiger partial charge in [-0.05, 0) is 51.6 Å². The third-order valence-corrected chi connectivity index (χ3v) is 3.27. The van der Waals surface area contributed by atoms with Crippen molar-refractivity contribution in [1.29, 1.82) is 0 Å². The van der Waals surface area contributed by atoms with E-state index in [1.54, 1.807) is 45.9 Å². The Morgan fingerprint density at radius 3 is 2.43 bits per heavy atom. The first-order valence-electron chi connectivity index (χ1n) is 7.04. The van der Waals surface area contributed by atoms with E-state index in [9.17, 15) is 18.0 Å². The molecule has 1 atom stereocenters. The van der Waals surface area contributed by atoms with Gasteiger partial charge in [0.1, 0.15) is 5.60 Å². The van der Waals surface area contributed by atoms with E-state index < -0.39 is 17.2 Å². The fourth-order valence-corrected chi connectivity index (χ4v) is 2.30. The number of benzene rings is 1. The van der Waals surface area contributed by atoms with Gasteiger partial charge in [0, 0.05) is 23.2 Å². The fraction of sp³-hybridized carbons (Fsp3) is 0.533. The molecule has 1 unspecified atom stereocenters. The van der Waals surface area contributed by atoms with Crippen molar-refractivity contribution in [1.82, 2.24) is 5.32 Å². The number of alkyl halides is 3. The summed E-state index contributed by atoms with van der Waals surface area (Å²) >= 11 is -0.173. The first-order chi connectivity index (χ1) is 10.5. The average Bonchev–Trinajstić information content (AvgIpc) is 2.35. The third kappa shape index (κ3) is 8.59. The number of halogens is 3. The number of para-hydroxylation sites is 1. The van der Waals surface area contributed by atoms with E-state index in [4.69, 9.17) is 4.74 Å². The van der Waals surface area contributed by atoms with Gasteiger partial charge in [0.05, 0.1) is 0 Å². The van der Waals surface area contributed by atoms with Crippen molar-refractivity contribution in [3.63, 3.8) is 0 Å². The maximum absolute atomic E-state index is 12.5. The molecule has 23 heavy (non-hydrogen) atoms. The van der Waals surface area contributed by atoms with Gasteiger partial charge in [0.25, 0.3) is 0 Å². The van der Waals surface area contributed by atoms with E-state index in [1.165, 1.54) is 6.07 Å². The molecular weight excluding hydrogens is 329 g/mol. The molecule has 2 N–H and O–H groups in total. The molecule has 1 rings (SSSR count). The molecule has 8 heteroatoms. The predicted molar refractivity (Wildman–Crippen MR) is 85.7 cm³/mol. The highest BCUT2D eigenvalue weighted by molar-refractivity contribution is 8.00. The standard InChI is InChI=1S/C15H21F3N2O2S/c1-10(9-19-13(21)22-14(2,3)4)20-11-7-5-6-8-12(11)23-15(16,17)18/h5-8,10,20H,9H2,1-4H3,(H,19,21). The second kappa shape index (κ2) is 7.81. The van der Waals surface area contributed by atoms with Crippen molar-refractivity contribution in [2.45, 2.75) is 49.7 Å². The molecule has 0 saturated carbocycles. The molecular formula is C15H21F3N2O2S. The second-order valence-electron chi connectivity index (χ2n) is 5.97. The maximum Gasteiger partial charge on any atom is 0.446 e. The Hall–Kier alpha value is -1.57. The number of amides is 1. The Balaban J connectivity index is 2.58. The number of anilines is 1. The quantitative estimate of drug-likeness (QED) is 0.761. The van der Waals surface area contributed by atoms with Crippen molar-refractivity contribution < 1.29 is 22.7 Å². The van der Waals surface area contributed by atoms with Crippen LogP contribution in [0.3, 0.4) is 0 Å². The highest BCUT2D eigenvalue weighted by atomic mass is 32.2. The van der Waals surface area contributed by atoms with Crippen LogP contribution in [0.25, 0.3) is 0 Å². The van der Waals surface area contributed by atoms with Crippen molar-refractivity contribution in [3.05, 3.63) is 24.3 Å². The molecule has 1 aromatic rings. The summed E-state index contributed by atoms with van der Waals surface area (Å²) in [7, 11) is 0. The van der Waals surface area contributed by atoms with Crippen molar-refractivity contribution in [2.24, 2.45) is 0 Å². The summed E-state index contributed by atoms with van der Waals surface area (Å²) in [6.45, 7) is 7.23. The van der Waals surface area contributed by atoms with Gasteiger partial charge >= 0.3 is 11.6 Å². The number of rotatable bonds is 5. The second-order valence-corrected chi connectivity index (χ2v) is 7.08. The molecule has 0 saturated heterocycles. The van der Waals surface area contributed by atoms with Gasteiger partial charge in [-0.2, -0.15) is 13.2 Å². The summed E-state index contributed by atoms with van der Waals surface area (Å²) in [6, 6.07) is 5.89. The lowest BCUT2D eigenvalue weighted by molar-refractivity contribution is -0.0328. The molecule has 4 nitrogen and oxygen atoms in total. The van der Waals surface area contributed by atoms with E-state index in [-0.39, 0.29) is 29.2 Å². The van der Waals surface area contributed by atoms with Crippen LogP contribution in [0.5, 0.6) is 0 Å². The number of thioether (sulfide) groups is 1. The van der Waals surface area contributed by atoms with Crippen LogP contribution in [0.2, 0.25) is 0 Å². The summed E-state index contributed by atoms with van der Waals surface area (Å²) in [5.74, 6) is 0. The van der Waals surface area contributed by atoms with Crippen LogP contribution >= 0.6 is 11.8 Å². The van der Waals surface area contributed by atoms with Gasteiger partial charge in [0.2, 0.25) is 0 Å². The lowest BCUT2D eigenvalue weighted by atomic mass is 10.2. The van der Waals surface area contributed by atoms with Crippen LogP contribution in [0.4, 0.5) is 23.7 Å². The van der Waals surface area contributed by atoms with E-state index >= 15 is 0 Å². The van der Waals surface area contributed by atoms with Gasteiger partial charge in [-0.3, -0.25) is 0 Å². The van der Waals surface area contributed by atoms with Crippen LogP contribution in [-0.2, 0) is 4.74 Å². The van der Waals surface area contributed by atoms with E-state index in [0.29, 0.717) is 5.69 Å². The number of ether oxygens (including phenoxy) is 1. The number of nitrogens with one attached hydrogen (secondary N) is 2. The van der Waals surface area contributed by atoms with E-state index in [0.717, 1.165) is 0 Å². The summed E-state index contributed by atoms with van der Waals surface area (Å²) in [4.78, 5) is 11.6. The number of hydrogen-bond donors (Lipinski definition) is 2. The molecule has 1 amide bonds. The minimum absolute atomic E-state index is 0.0871. The number of carbonyl (C=O) groups excluding carboxylic acids is 1. The Labute approximate surface area is 138 Å². The zero-order valence-corrected chi connectivity index (χ0v) is 14.3. The number of alkyl carbamates (subject to hydrolysis) is 1. The summed E-state index contributed by atoms with van der Waals surface area (Å²) < 4.78 is 42.7. The molecule has 0 heterocycles. The Bertz CT molecular complexity index is 530. The molecule has 0 aliphatic rings. The van der Waals surface area contributed by atoms with Crippen LogP contribution in [0, 0.1) is 0 Å². The highest BCUT2D eigenvalue weighted by Gasteiger charge is 2.30. The SMILES string of the molecule is CC(CNC(=O)OC(C)(C)C)Nc1ccccc1SC(F)(F)F. The van der Waals surface area contributed by atoms with Crippen LogP contribution in [0.1, 0.15) is 27.7 Å². The molecule has 0 aliphatic carbocycles. The van der Waals surface area contributed by atoms with Gasteiger partial charge < -0.3 is 15.4 Å². The Kier molecular flexibility index (Phi) is 6.61.